The summed E-state index contributed by atoms with van der Waals surface area (Å²) >= 11 is 1.35. The summed E-state index contributed by atoms with van der Waals surface area (Å²) in [5.41, 5.74) is 2.51. The van der Waals surface area contributed by atoms with Crippen molar-refractivity contribution in [3.63, 3.8) is 0 Å². The van der Waals surface area contributed by atoms with Gasteiger partial charge in [-0.3, -0.25) is 10.1 Å². The number of halogens is 1. The Labute approximate surface area is 188 Å². The first-order chi connectivity index (χ1) is 15.5. The van der Waals surface area contributed by atoms with Crippen LogP contribution in [0.5, 0.6) is 0 Å². The lowest BCUT2D eigenvalue weighted by atomic mass is 10.1. The van der Waals surface area contributed by atoms with E-state index in [4.69, 9.17) is 4.42 Å². The molecule has 7 heteroatoms. The molecule has 0 bridgehead atoms. The van der Waals surface area contributed by atoms with Gasteiger partial charge in [0.25, 0.3) is 5.91 Å². The van der Waals surface area contributed by atoms with Crippen LogP contribution in [-0.2, 0) is 11.2 Å². The molecule has 4 rings (SSSR count). The maximum absolute atomic E-state index is 13.9. The second-order valence-electron chi connectivity index (χ2n) is 7.10. The summed E-state index contributed by atoms with van der Waals surface area (Å²) in [6.45, 7) is 2.04. The summed E-state index contributed by atoms with van der Waals surface area (Å²) in [6, 6.07) is 19.5. The molecule has 1 amide bonds. The fourth-order valence-electron chi connectivity index (χ4n) is 3.05. The van der Waals surface area contributed by atoms with Crippen LogP contribution < -0.4 is 5.32 Å². The third-order valence-electron chi connectivity index (χ3n) is 4.69. The summed E-state index contributed by atoms with van der Waals surface area (Å²) in [4.78, 5) is 17.8. The molecule has 4 aromatic rings. The quantitative estimate of drug-likeness (QED) is 0.293. The van der Waals surface area contributed by atoms with E-state index in [0.717, 1.165) is 10.4 Å². The van der Waals surface area contributed by atoms with Crippen molar-refractivity contribution in [3.05, 3.63) is 100 Å². The lowest BCUT2D eigenvalue weighted by Gasteiger charge is -2.00. The number of hydrogen-bond acceptors (Lipinski definition) is 5. The molecular weight excluding hydrogens is 425 g/mol. The summed E-state index contributed by atoms with van der Waals surface area (Å²) < 4.78 is 19.5. The zero-order valence-corrected chi connectivity index (χ0v) is 17.9. The molecule has 1 N–H and O–H groups in total. The van der Waals surface area contributed by atoms with Crippen molar-refractivity contribution in [2.24, 2.45) is 0 Å². The Morgan fingerprint density at radius 3 is 2.72 bits per heavy atom. The number of furan rings is 1. The number of rotatable bonds is 6. The molecule has 0 unspecified atom stereocenters. The van der Waals surface area contributed by atoms with Crippen LogP contribution in [0, 0.1) is 24.1 Å². The van der Waals surface area contributed by atoms with Gasteiger partial charge in [-0.05, 0) is 36.8 Å². The minimum atomic E-state index is -0.590. The number of nitrogens with zero attached hydrogens (tertiary/aromatic N) is 2. The van der Waals surface area contributed by atoms with E-state index in [-0.39, 0.29) is 11.3 Å². The van der Waals surface area contributed by atoms with Crippen molar-refractivity contribution in [1.29, 1.82) is 5.26 Å². The number of hydrogen-bond donors (Lipinski definition) is 1. The first-order valence-corrected chi connectivity index (χ1v) is 10.6. The molecule has 0 aliphatic rings. The third kappa shape index (κ3) is 4.99. The van der Waals surface area contributed by atoms with Gasteiger partial charge in [0.1, 0.15) is 29.0 Å². The van der Waals surface area contributed by atoms with Gasteiger partial charge in [0.2, 0.25) is 0 Å². The van der Waals surface area contributed by atoms with Crippen LogP contribution in [0.15, 0.2) is 76.9 Å². The number of anilines is 1. The number of benzene rings is 2. The van der Waals surface area contributed by atoms with E-state index in [1.54, 1.807) is 36.5 Å². The number of aromatic nitrogens is 1. The van der Waals surface area contributed by atoms with Gasteiger partial charge in [0.15, 0.2) is 5.13 Å². The maximum Gasteiger partial charge on any atom is 0.268 e. The van der Waals surface area contributed by atoms with E-state index in [9.17, 15) is 14.4 Å². The molecule has 0 spiro atoms. The van der Waals surface area contributed by atoms with E-state index < -0.39 is 11.7 Å². The van der Waals surface area contributed by atoms with E-state index in [2.05, 4.69) is 34.6 Å². The van der Waals surface area contributed by atoms with Gasteiger partial charge in [-0.25, -0.2) is 9.37 Å². The van der Waals surface area contributed by atoms with Crippen molar-refractivity contribution < 1.29 is 13.6 Å². The number of nitriles is 1. The first-order valence-electron chi connectivity index (χ1n) is 9.80. The number of amides is 1. The molecule has 0 aliphatic carbocycles. The van der Waals surface area contributed by atoms with Crippen LogP contribution in [0.3, 0.4) is 0 Å². The lowest BCUT2D eigenvalue weighted by Crippen LogP contribution is -2.13. The van der Waals surface area contributed by atoms with Crippen molar-refractivity contribution in [3.8, 4) is 17.4 Å². The van der Waals surface area contributed by atoms with Crippen LogP contribution in [0.2, 0.25) is 0 Å². The molecule has 5 nitrogen and oxygen atoms in total. The standard InChI is InChI=1S/C25H18FN3O2S/c1-16-6-8-17(9-7-16)12-20-15-28-25(32-20)29-24(30)18(14-27)13-19-10-11-23(31-19)21-4-2-3-5-22(21)26/h2-11,13,15H,12H2,1H3,(H,28,29,30)/b18-13+. The number of nitrogens with one attached hydrogen (secondary N) is 1. The van der Waals surface area contributed by atoms with Gasteiger partial charge in [-0.2, -0.15) is 5.26 Å². The smallest absolute Gasteiger partial charge is 0.268 e. The van der Waals surface area contributed by atoms with E-state index >= 15 is 0 Å². The Bertz CT molecular complexity index is 1330. The third-order valence-corrected chi connectivity index (χ3v) is 5.60. The number of thiazole rings is 1. The summed E-state index contributed by atoms with van der Waals surface area (Å²) in [5, 5.41) is 12.5. The van der Waals surface area contributed by atoms with Crippen LogP contribution in [0.25, 0.3) is 17.4 Å². The molecule has 2 aromatic carbocycles. The van der Waals surface area contributed by atoms with Crippen molar-refractivity contribution in [2.75, 3.05) is 5.32 Å². The zero-order chi connectivity index (χ0) is 22.5. The van der Waals surface area contributed by atoms with Crippen LogP contribution in [0.4, 0.5) is 9.52 Å². The number of carbonyl (C=O) groups excluding carboxylic acids is 1. The molecule has 0 fully saturated rings. The molecule has 2 heterocycles. The average Bonchev–Trinajstić information content (AvgIpc) is 3.43. The van der Waals surface area contributed by atoms with Crippen LogP contribution in [-0.4, -0.2) is 10.9 Å². The second-order valence-corrected chi connectivity index (χ2v) is 8.22. The van der Waals surface area contributed by atoms with Gasteiger partial charge >= 0.3 is 0 Å². The highest BCUT2D eigenvalue weighted by Gasteiger charge is 2.14. The molecule has 0 radical (unpaired) electrons. The molecular formula is C25H18FN3O2S. The van der Waals surface area contributed by atoms with E-state index in [0.29, 0.717) is 22.9 Å². The lowest BCUT2D eigenvalue weighted by molar-refractivity contribution is -0.112. The Kier molecular flexibility index (Phi) is 6.24. The number of aryl methyl sites for hydroxylation is 1. The van der Waals surface area contributed by atoms with E-state index in [1.165, 1.54) is 29.0 Å². The van der Waals surface area contributed by atoms with E-state index in [1.807, 2.05) is 13.0 Å². The fraction of sp³-hybridized carbons (Fsp3) is 0.0800. The van der Waals surface area contributed by atoms with Crippen LogP contribution >= 0.6 is 11.3 Å². The van der Waals surface area contributed by atoms with Gasteiger partial charge in [-0.1, -0.05) is 42.0 Å². The summed E-state index contributed by atoms with van der Waals surface area (Å²) in [7, 11) is 0. The Hall–Kier alpha value is -4.02. The maximum atomic E-state index is 13.9. The predicted molar refractivity (Wildman–Crippen MR) is 122 cm³/mol. The SMILES string of the molecule is Cc1ccc(Cc2cnc(NC(=O)/C(C#N)=C/c3ccc(-c4ccccc4F)o3)s2)cc1. The Morgan fingerprint density at radius 1 is 1.19 bits per heavy atom. The fourth-order valence-corrected chi connectivity index (χ4v) is 3.89. The first kappa shape index (κ1) is 21.2. The minimum Gasteiger partial charge on any atom is -0.457 e. The van der Waals surface area contributed by atoms with Crippen LogP contribution in [0.1, 0.15) is 21.8 Å². The summed E-state index contributed by atoms with van der Waals surface area (Å²) in [6.07, 6.45) is 3.74. The predicted octanol–water partition coefficient (Wildman–Crippen LogP) is 5.99. The van der Waals surface area contributed by atoms with Gasteiger partial charge < -0.3 is 4.42 Å². The minimum absolute atomic E-state index is 0.144. The zero-order valence-electron chi connectivity index (χ0n) is 17.1. The topological polar surface area (TPSA) is 78.9 Å². The van der Waals surface area contributed by atoms with Crippen molar-refractivity contribution in [1.82, 2.24) is 4.98 Å². The summed E-state index contributed by atoms with van der Waals surface area (Å²) in [5.74, 6) is -0.421. The molecule has 0 aliphatic heterocycles. The molecule has 32 heavy (non-hydrogen) atoms. The second kappa shape index (κ2) is 9.41. The molecule has 2 aromatic heterocycles. The molecule has 0 atom stereocenters. The molecule has 158 valence electrons. The largest absolute Gasteiger partial charge is 0.457 e. The van der Waals surface area contributed by atoms with Crippen molar-refractivity contribution >= 4 is 28.5 Å². The Morgan fingerprint density at radius 2 is 1.97 bits per heavy atom. The highest BCUT2D eigenvalue weighted by atomic mass is 32.1. The number of carbonyl (C=O) groups is 1. The molecule has 0 saturated carbocycles. The monoisotopic (exact) mass is 443 g/mol. The van der Waals surface area contributed by atoms with Gasteiger partial charge in [0.05, 0.1) is 5.56 Å². The normalized spacial score (nSPS) is 11.2. The van der Waals surface area contributed by atoms with Crippen molar-refractivity contribution in [2.45, 2.75) is 13.3 Å². The van der Waals surface area contributed by atoms with Gasteiger partial charge in [0, 0.05) is 23.6 Å². The Balaban J connectivity index is 1.45. The molecule has 0 saturated heterocycles. The average molecular weight is 444 g/mol. The highest BCUT2D eigenvalue weighted by Crippen LogP contribution is 2.26. The highest BCUT2D eigenvalue weighted by molar-refractivity contribution is 7.15. The van der Waals surface area contributed by atoms with Gasteiger partial charge in [-0.15, -0.1) is 11.3 Å².